The third kappa shape index (κ3) is 2.78. The molecule has 88 valence electrons. The molecule has 1 atom stereocenters. The first kappa shape index (κ1) is 12.6. The number of carboxylic acids is 1. The molecule has 1 rings (SSSR count). The van der Waals surface area contributed by atoms with Crippen molar-refractivity contribution in [3.05, 3.63) is 22.8 Å². The normalized spacial score (nSPS) is 12.5. The number of aromatic nitrogens is 2. The summed E-state index contributed by atoms with van der Waals surface area (Å²) in [6, 6.07) is 0. The minimum absolute atomic E-state index is 0.395. The van der Waals surface area contributed by atoms with Crippen molar-refractivity contribution in [2.24, 2.45) is 5.92 Å². The van der Waals surface area contributed by atoms with Gasteiger partial charge in [0.1, 0.15) is 5.82 Å². The van der Waals surface area contributed by atoms with E-state index in [1.54, 1.807) is 6.92 Å². The summed E-state index contributed by atoms with van der Waals surface area (Å²) < 4.78 is 0. The van der Waals surface area contributed by atoms with Crippen LogP contribution in [-0.2, 0) is 17.6 Å². The second-order valence-corrected chi connectivity index (χ2v) is 4.09. The molecule has 4 heteroatoms. The molecule has 0 aliphatic carbocycles. The fourth-order valence-electron chi connectivity index (χ4n) is 1.66. The van der Waals surface area contributed by atoms with Gasteiger partial charge in [0.2, 0.25) is 0 Å². The van der Waals surface area contributed by atoms with Crippen molar-refractivity contribution in [2.75, 3.05) is 0 Å². The average molecular weight is 222 g/mol. The first-order valence-corrected chi connectivity index (χ1v) is 5.51. The smallest absolute Gasteiger partial charge is 0.306 e. The van der Waals surface area contributed by atoms with E-state index < -0.39 is 11.9 Å². The molecule has 0 radical (unpaired) electrons. The quantitative estimate of drug-likeness (QED) is 0.845. The van der Waals surface area contributed by atoms with Gasteiger partial charge in [-0.25, -0.2) is 9.97 Å². The van der Waals surface area contributed by atoms with E-state index in [0.29, 0.717) is 6.42 Å². The van der Waals surface area contributed by atoms with E-state index in [9.17, 15) is 4.79 Å². The molecule has 0 saturated heterocycles. The Labute approximate surface area is 95.7 Å². The zero-order valence-electron chi connectivity index (χ0n) is 10.2. The van der Waals surface area contributed by atoms with Gasteiger partial charge < -0.3 is 5.11 Å². The average Bonchev–Trinajstić information content (AvgIpc) is 2.22. The number of nitrogens with zero attached hydrogens (tertiary/aromatic N) is 2. The fourth-order valence-corrected chi connectivity index (χ4v) is 1.66. The number of carbonyl (C=O) groups is 1. The maximum absolute atomic E-state index is 10.8. The van der Waals surface area contributed by atoms with Crippen LogP contribution in [0, 0.1) is 19.8 Å². The molecule has 1 heterocycles. The van der Waals surface area contributed by atoms with Gasteiger partial charge in [-0.05, 0) is 25.8 Å². The second-order valence-electron chi connectivity index (χ2n) is 4.09. The number of carboxylic acid groups (broad SMARTS) is 1. The van der Waals surface area contributed by atoms with Crippen molar-refractivity contribution in [1.82, 2.24) is 9.97 Å². The summed E-state index contributed by atoms with van der Waals surface area (Å²) in [6.45, 7) is 7.54. The molecule has 16 heavy (non-hydrogen) atoms. The summed E-state index contributed by atoms with van der Waals surface area (Å²) in [4.78, 5) is 19.5. The van der Waals surface area contributed by atoms with E-state index in [0.717, 1.165) is 29.2 Å². The van der Waals surface area contributed by atoms with E-state index in [2.05, 4.69) is 9.97 Å². The number of hydrogen-bond acceptors (Lipinski definition) is 3. The highest BCUT2D eigenvalue weighted by molar-refractivity contribution is 5.70. The van der Waals surface area contributed by atoms with Gasteiger partial charge >= 0.3 is 5.97 Å². The number of rotatable bonds is 4. The number of hydrogen-bond donors (Lipinski definition) is 1. The zero-order chi connectivity index (χ0) is 12.3. The Kier molecular flexibility index (Phi) is 3.99. The first-order valence-electron chi connectivity index (χ1n) is 5.51. The Morgan fingerprint density at radius 3 is 2.19 bits per heavy atom. The maximum Gasteiger partial charge on any atom is 0.306 e. The third-order valence-corrected chi connectivity index (χ3v) is 2.72. The van der Waals surface area contributed by atoms with Crippen molar-refractivity contribution in [1.29, 1.82) is 0 Å². The topological polar surface area (TPSA) is 63.1 Å². The van der Waals surface area contributed by atoms with Crippen molar-refractivity contribution in [3.8, 4) is 0 Å². The van der Waals surface area contributed by atoms with Crippen LogP contribution in [0.25, 0.3) is 0 Å². The number of aryl methyl sites for hydroxylation is 3. The minimum atomic E-state index is -0.779. The largest absolute Gasteiger partial charge is 0.481 e. The maximum atomic E-state index is 10.8. The van der Waals surface area contributed by atoms with Gasteiger partial charge in [0.15, 0.2) is 0 Å². The molecular formula is C12H18N2O2. The number of aliphatic carboxylic acids is 1. The van der Waals surface area contributed by atoms with Crippen molar-refractivity contribution in [2.45, 2.75) is 40.5 Å². The van der Waals surface area contributed by atoms with Gasteiger partial charge in [0.05, 0.1) is 5.92 Å². The molecule has 0 amide bonds. The van der Waals surface area contributed by atoms with Gasteiger partial charge in [-0.1, -0.05) is 13.8 Å². The molecule has 0 aromatic carbocycles. The Morgan fingerprint density at radius 2 is 1.81 bits per heavy atom. The van der Waals surface area contributed by atoms with Crippen molar-refractivity contribution < 1.29 is 9.90 Å². The predicted molar refractivity (Wildman–Crippen MR) is 61.4 cm³/mol. The summed E-state index contributed by atoms with van der Waals surface area (Å²) in [7, 11) is 0. The van der Waals surface area contributed by atoms with E-state index in [1.807, 2.05) is 20.8 Å². The summed E-state index contributed by atoms with van der Waals surface area (Å²) in [5, 5.41) is 8.89. The summed E-state index contributed by atoms with van der Waals surface area (Å²) in [5.41, 5.74) is 2.77. The van der Waals surface area contributed by atoms with E-state index >= 15 is 0 Å². The Hall–Kier alpha value is -1.45. The summed E-state index contributed by atoms with van der Waals surface area (Å²) in [5.74, 6) is -0.353. The highest BCUT2D eigenvalue weighted by atomic mass is 16.4. The summed E-state index contributed by atoms with van der Waals surface area (Å²) >= 11 is 0. The molecule has 0 saturated carbocycles. The molecule has 1 N–H and O–H groups in total. The Morgan fingerprint density at radius 1 is 1.31 bits per heavy atom. The lowest BCUT2D eigenvalue weighted by Crippen LogP contribution is -2.15. The van der Waals surface area contributed by atoms with Gasteiger partial charge in [0.25, 0.3) is 0 Å². The molecule has 4 nitrogen and oxygen atoms in total. The van der Waals surface area contributed by atoms with Crippen LogP contribution in [-0.4, -0.2) is 21.0 Å². The molecule has 1 aromatic rings. The SMILES string of the molecule is CCc1nc(C)c(CC(C)C(=O)O)c(C)n1. The van der Waals surface area contributed by atoms with Crippen LogP contribution >= 0.6 is 0 Å². The minimum Gasteiger partial charge on any atom is -0.481 e. The van der Waals surface area contributed by atoms with E-state index in [4.69, 9.17) is 5.11 Å². The van der Waals surface area contributed by atoms with Crippen molar-refractivity contribution >= 4 is 5.97 Å². The summed E-state index contributed by atoms with van der Waals surface area (Å²) in [6.07, 6.45) is 1.30. The molecular weight excluding hydrogens is 204 g/mol. The van der Waals surface area contributed by atoms with E-state index in [1.165, 1.54) is 0 Å². The standard InChI is InChI=1S/C12H18N2O2/c1-5-11-13-8(3)10(9(4)14-11)6-7(2)12(15)16/h7H,5-6H2,1-4H3,(H,15,16). The van der Waals surface area contributed by atoms with Gasteiger partial charge in [-0.15, -0.1) is 0 Å². The highest BCUT2D eigenvalue weighted by Gasteiger charge is 2.16. The lowest BCUT2D eigenvalue weighted by molar-refractivity contribution is -0.141. The van der Waals surface area contributed by atoms with Crippen LogP contribution in [0.2, 0.25) is 0 Å². The fraction of sp³-hybridized carbons (Fsp3) is 0.583. The highest BCUT2D eigenvalue weighted by Crippen LogP contribution is 2.15. The third-order valence-electron chi connectivity index (χ3n) is 2.72. The second kappa shape index (κ2) is 5.05. The van der Waals surface area contributed by atoms with Gasteiger partial charge in [0, 0.05) is 17.8 Å². The lowest BCUT2D eigenvalue weighted by Gasteiger charge is -2.12. The Bertz CT molecular complexity index is 379. The van der Waals surface area contributed by atoms with Gasteiger partial charge in [-0.3, -0.25) is 4.79 Å². The molecule has 0 fully saturated rings. The van der Waals surface area contributed by atoms with Crippen LogP contribution < -0.4 is 0 Å². The molecule has 0 bridgehead atoms. The van der Waals surface area contributed by atoms with Crippen LogP contribution in [0.3, 0.4) is 0 Å². The van der Waals surface area contributed by atoms with Crippen LogP contribution in [0.4, 0.5) is 0 Å². The monoisotopic (exact) mass is 222 g/mol. The Balaban J connectivity index is 3.01. The zero-order valence-corrected chi connectivity index (χ0v) is 10.2. The lowest BCUT2D eigenvalue weighted by atomic mass is 9.99. The first-order chi connectivity index (χ1) is 7.45. The van der Waals surface area contributed by atoms with Crippen molar-refractivity contribution in [3.63, 3.8) is 0 Å². The van der Waals surface area contributed by atoms with Gasteiger partial charge in [-0.2, -0.15) is 0 Å². The predicted octanol–water partition coefficient (Wildman–Crippen LogP) is 1.92. The molecule has 1 aromatic heterocycles. The van der Waals surface area contributed by atoms with Crippen LogP contribution in [0.15, 0.2) is 0 Å². The van der Waals surface area contributed by atoms with Crippen LogP contribution in [0.1, 0.15) is 36.6 Å². The molecule has 1 unspecified atom stereocenters. The van der Waals surface area contributed by atoms with Crippen LogP contribution in [0.5, 0.6) is 0 Å². The molecule has 0 aliphatic rings. The molecule has 0 aliphatic heterocycles. The molecule has 0 spiro atoms. The van der Waals surface area contributed by atoms with E-state index in [-0.39, 0.29) is 0 Å².